The Morgan fingerprint density at radius 2 is 2.24 bits per heavy atom. The van der Waals surface area contributed by atoms with E-state index in [0.717, 1.165) is 31.0 Å². The number of nitrogens with two attached hydrogens (primary N) is 2. The molecule has 0 aromatic carbocycles. The van der Waals surface area contributed by atoms with Gasteiger partial charge in [0.05, 0.1) is 6.20 Å². The van der Waals surface area contributed by atoms with Crippen LogP contribution in [0, 0.1) is 12.8 Å². The number of aliphatic hydroxyl groups is 1. The zero-order valence-corrected chi connectivity index (χ0v) is 12.2. The third-order valence-electron chi connectivity index (χ3n) is 2.20. The molecule has 1 saturated carbocycles. The first kappa shape index (κ1) is 18.4. The van der Waals surface area contributed by atoms with Crippen molar-refractivity contribution in [2.75, 3.05) is 7.05 Å². The van der Waals surface area contributed by atoms with E-state index in [4.69, 9.17) is 16.6 Å². The van der Waals surface area contributed by atoms with Crippen molar-refractivity contribution in [1.82, 2.24) is 15.3 Å². The van der Waals surface area contributed by atoms with Gasteiger partial charge >= 0.3 is 0 Å². The number of aryl methyl sites for hydroxylation is 1. The number of aliphatic hydroxyl groups excluding tert-OH is 1. The van der Waals surface area contributed by atoms with Crippen LogP contribution in [0.2, 0.25) is 0 Å². The van der Waals surface area contributed by atoms with Crippen molar-refractivity contribution >= 4 is 12.2 Å². The van der Waals surface area contributed by atoms with E-state index in [1.165, 1.54) is 13.4 Å². The van der Waals surface area contributed by atoms with Gasteiger partial charge in [-0.2, -0.15) is 0 Å². The molecule has 0 radical (unpaired) electrons. The van der Waals surface area contributed by atoms with Gasteiger partial charge in [-0.3, -0.25) is 10.3 Å². The van der Waals surface area contributed by atoms with Crippen molar-refractivity contribution in [3.05, 3.63) is 36.4 Å². The van der Waals surface area contributed by atoms with Gasteiger partial charge in [0.25, 0.3) is 0 Å². The number of carbonyl (C=O) groups excluding carboxylic acids is 1. The van der Waals surface area contributed by atoms with Gasteiger partial charge in [-0.1, -0.05) is 0 Å². The lowest BCUT2D eigenvalue weighted by atomic mass is 10.5. The molecule has 0 bridgehead atoms. The summed E-state index contributed by atoms with van der Waals surface area (Å²) in [6.07, 6.45) is 7.56. The van der Waals surface area contributed by atoms with Crippen molar-refractivity contribution in [2.24, 2.45) is 22.4 Å². The van der Waals surface area contributed by atoms with E-state index in [0.29, 0.717) is 5.92 Å². The van der Waals surface area contributed by atoms with Crippen molar-refractivity contribution < 1.29 is 9.90 Å². The highest BCUT2D eigenvalue weighted by Crippen LogP contribution is 2.25. The third kappa shape index (κ3) is 12.2. The molecule has 0 unspecified atom stereocenters. The highest BCUT2D eigenvalue weighted by Gasteiger charge is 2.18. The number of nitrogens with one attached hydrogen (secondary N) is 1. The number of aliphatic imine (C=N–C) groups is 1. The van der Waals surface area contributed by atoms with Crippen LogP contribution >= 0.6 is 0 Å². The number of rotatable bonds is 2. The number of hydrogen-bond donors (Lipinski definition) is 4. The molecule has 0 saturated heterocycles. The largest absolute Gasteiger partial charge is 0.493 e. The molecule has 8 heteroatoms. The Kier molecular flexibility index (Phi) is 9.80. The molecule has 8 nitrogen and oxygen atoms in total. The van der Waals surface area contributed by atoms with Crippen molar-refractivity contribution in [3.63, 3.8) is 0 Å². The van der Waals surface area contributed by atoms with Gasteiger partial charge in [0, 0.05) is 24.9 Å². The quantitative estimate of drug-likeness (QED) is 0.265. The van der Waals surface area contributed by atoms with E-state index >= 15 is 0 Å². The van der Waals surface area contributed by atoms with Crippen LogP contribution in [-0.4, -0.2) is 34.4 Å². The molecule has 116 valence electrons. The molecular weight excluding hydrogens is 272 g/mol. The average Bonchev–Trinajstić information content (AvgIpc) is 3.33. The first-order valence-corrected chi connectivity index (χ1v) is 6.31. The molecule has 1 fully saturated rings. The minimum absolute atomic E-state index is 0.120. The summed E-state index contributed by atoms with van der Waals surface area (Å²) in [5, 5.41) is 10.9. The van der Waals surface area contributed by atoms with Crippen LogP contribution in [-0.2, 0) is 4.79 Å². The Balaban J connectivity index is 0.000000296. The molecule has 0 amide bonds. The predicted octanol–water partition coefficient (Wildman–Crippen LogP) is 0.216. The van der Waals surface area contributed by atoms with E-state index in [9.17, 15) is 4.79 Å². The van der Waals surface area contributed by atoms with Crippen molar-refractivity contribution in [2.45, 2.75) is 19.8 Å². The lowest BCUT2D eigenvalue weighted by Gasteiger charge is -1.99. The van der Waals surface area contributed by atoms with Gasteiger partial charge in [0.1, 0.15) is 12.6 Å². The van der Waals surface area contributed by atoms with Crippen LogP contribution in [0.5, 0.6) is 0 Å². The number of aldehydes is 1. The number of nitrogens with zero attached hydrogens (tertiary/aromatic N) is 3. The molecule has 1 aromatic heterocycles. The summed E-state index contributed by atoms with van der Waals surface area (Å²) in [4.78, 5) is 20.7. The van der Waals surface area contributed by atoms with Gasteiger partial charge in [-0.25, -0.2) is 9.97 Å². The van der Waals surface area contributed by atoms with Crippen molar-refractivity contribution in [1.29, 1.82) is 0 Å². The molecule has 1 aliphatic carbocycles. The molecule has 0 aliphatic heterocycles. The highest BCUT2D eigenvalue weighted by molar-refractivity contribution is 5.78. The summed E-state index contributed by atoms with van der Waals surface area (Å²) in [7, 11) is 1.49. The van der Waals surface area contributed by atoms with Gasteiger partial charge in [0.15, 0.2) is 5.96 Å². The Bertz CT molecular complexity index is 441. The van der Waals surface area contributed by atoms with Gasteiger partial charge in [-0.05, 0) is 25.8 Å². The number of carbonyl (C=O) groups is 1. The average molecular weight is 294 g/mol. The molecular formula is C13H22N6O2. The first-order chi connectivity index (χ1) is 10.0. The maximum atomic E-state index is 9.57. The van der Waals surface area contributed by atoms with Crippen LogP contribution < -0.4 is 16.8 Å². The Morgan fingerprint density at radius 1 is 1.57 bits per heavy atom. The summed E-state index contributed by atoms with van der Waals surface area (Å²) in [6, 6.07) is 1.86. The normalized spacial score (nSPS) is 14.0. The monoisotopic (exact) mass is 294 g/mol. The topological polar surface area (TPSA) is 140 Å². The van der Waals surface area contributed by atoms with Gasteiger partial charge < -0.3 is 21.4 Å². The van der Waals surface area contributed by atoms with Crippen molar-refractivity contribution in [3.8, 4) is 0 Å². The minimum atomic E-state index is -0.210. The smallest absolute Gasteiger partial charge is 0.207 e. The van der Waals surface area contributed by atoms with Crippen LogP contribution in [0.3, 0.4) is 0 Å². The molecule has 1 aliphatic rings. The van der Waals surface area contributed by atoms with Crippen LogP contribution in [0.15, 0.2) is 35.7 Å². The minimum Gasteiger partial charge on any atom is -0.493 e. The zero-order valence-electron chi connectivity index (χ0n) is 12.2. The van der Waals surface area contributed by atoms with E-state index in [-0.39, 0.29) is 11.8 Å². The maximum Gasteiger partial charge on any atom is 0.207 e. The summed E-state index contributed by atoms with van der Waals surface area (Å²) in [6.45, 7) is 1.93. The lowest BCUT2D eigenvalue weighted by molar-refractivity contribution is -0.108. The standard InChI is InChI=1S/C5H6N2.C4H10N4O.C4H6O/c1-5-2-3-6-4-7-5;1-7-4(6)8-3(9)2-5;5-3-4-1-2-4/h2-4H,1H3;2,9H,5H2,1H3,(H3,6,7,8);3-4H,1-2H2/b;3-2+;. The van der Waals surface area contributed by atoms with E-state index in [1.54, 1.807) is 6.20 Å². The lowest BCUT2D eigenvalue weighted by Crippen LogP contribution is -2.31. The summed E-state index contributed by atoms with van der Waals surface area (Å²) in [5.74, 6) is 0.363. The summed E-state index contributed by atoms with van der Waals surface area (Å²) >= 11 is 0. The molecule has 0 spiro atoms. The molecule has 0 atom stereocenters. The molecule has 1 heterocycles. The second-order valence-electron chi connectivity index (χ2n) is 4.11. The molecule has 2 rings (SSSR count). The Hall–Kier alpha value is -2.64. The fraction of sp³-hybridized carbons (Fsp3) is 0.385. The van der Waals surface area contributed by atoms with Gasteiger partial charge in [0.2, 0.25) is 5.88 Å². The van der Waals surface area contributed by atoms with Crippen LogP contribution in [0.1, 0.15) is 18.5 Å². The van der Waals surface area contributed by atoms with Crippen LogP contribution in [0.4, 0.5) is 0 Å². The first-order valence-electron chi connectivity index (χ1n) is 6.31. The Labute approximate surface area is 124 Å². The fourth-order valence-corrected chi connectivity index (χ4v) is 0.818. The van der Waals surface area contributed by atoms with Gasteiger partial charge in [-0.15, -0.1) is 0 Å². The number of hydrogen-bond acceptors (Lipinski definition) is 6. The second-order valence-corrected chi connectivity index (χ2v) is 4.11. The molecule has 1 aromatic rings. The molecule has 21 heavy (non-hydrogen) atoms. The highest BCUT2D eigenvalue weighted by atomic mass is 16.3. The third-order valence-corrected chi connectivity index (χ3v) is 2.20. The molecule has 6 N–H and O–H groups in total. The second kappa shape index (κ2) is 11.2. The summed E-state index contributed by atoms with van der Waals surface area (Å²) < 4.78 is 0. The summed E-state index contributed by atoms with van der Waals surface area (Å²) in [5.41, 5.74) is 11.0. The SMILES string of the molecule is CN=C(N)N/C(O)=C\N.Cc1ccncn1.O=CC1CC1. The number of aromatic nitrogens is 2. The van der Waals surface area contributed by atoms with Crippen LogP contribution in [0.25, 0.3) is 0 Å². The predicted molar refractivity (Wildman–Crippen MR) is 81.1 cm³/mol. The maximum absolute atomic E-state index is 9.57. The Morgan fingerprint density at radius 3 is 2.48 bits per heavy atom. The van der Waals surface area contributed by atoms with E-state index < -0.39 is 0 Å². The van der Waals surface area contributed by atoms with E-state index in [2.05, 4.69) is 20.3 Å². The fourth-order valence-electron chi connectivity index (χ4n) is 0.818. The zero-order chi connectivity index (χ0) is 16.1. The number of guanidine groups is 1. The van der Waals surface area contributed by atoms with E-state index in [1.807, 2.05) is 13.0 Å².